The van der Waals surface area contributed by atoms with Crippen LogP contribution in [-0.2, 0) is 6.54 Å². The Labute approximate surface area is 137 Å². The number of hydrogen-bond donors (Lipinski definition) is 1. The highest BCUT2D eigenvalue weighted by molar-refractivity contribution is 7.22. The normalized spacial score (nSPS) is 10.9. The molecule has 0 fully saturated rings. The quantitative estimate of drug-likeness (QED) is 0.755. The number of thiophene rings is 1. The predicted molar refractivity (Wildman–Crippen MR) is 91.4 cm³/mol. The van der Waals surface area contributed by atoms with Crippen molar-refractivity contribution in [3.8, 4) is 5.75 Å². The lowest BCUT2D eigenvalue weighted by Crippen LogP contribution is -2.16. The van der Waals surface area contributed by atoms with E-state index in [4.69, 9.17) is 16.3 Å². The minimum Gasteiger partial charge on any atom is -0.497 e. The zero-order valence-electron chi connectivity index (χ0n) is 12.2. The molecule has 2 heterocycles. The first-order valence-corrected chi connectivity index (χ1v) is 8.05. The molecule has 0 saturated carbocycles. The van der Waals surface area contributed by atoms with Crippen LogP contribution in [0.4, 0.5) is 5.69 Å². The number of amides is 1. The number of methoxy groups -OCH3 is 1. The van der Waals surface area contributed by atoms with Crippen LogP contribution in [-0.4, -0.2) is 17.6 Å². The number of nitrogens with one attached hydrogen (secondary N) is 1. The summed E-state index contributed by atoms with van der Waals surface area (Å²) in [6.45, 7) is 2.72. The van der Waals surface area contributed by atoms with E-state index in [-0.39, 0.29) is 5.91 Å². The molecule has 2 aromatic heterocycles. The Balaban J connectivity index is 1.89. The van der Waals surface area contributed by atoms with Gasteiger partial charge in [-0.3, -0.25) is 4.79 Å². The summed E-state index contributed by atoms with van der Waals surface area (Å²) in [5, 5.41) is 2.91. The van der Waals surface area contributed by atoms with Gasteiger partial charge in [-0.15, -0.1) is 11.3 Å². The molecular formula is C16H15ClN2O2S. The molecule has 114 valence electrons. The van der Waals surface area contributed by atoms with Crippen molar-refractivity contribution in [1.82, 2.24) is 4.57 Å². The highest BCUT2D eigenvalue weighted by Gasteiger charge is 2.16. The highest BCUT2D eigenvalue weighted by atomic mass is 35.5. The molecule has 1 aromatic carbocycles. The second-order valence-electron chi connectivity index (χ2n) is 4.76. The lowest BCUT2D eigenvalue weighted by Gasteiger charge is -2.09. The van der Waals surface area contributed by atoms with Crippen LogP contribution in [0.25, 0.3) is 10.2 Å². The summed E-state index contributed by atoms with van der Waals surface area (Å²) < 4.78 is 8.83. The molecule has 6 heteroatoms. The van der Waals surface area contributed by atoms with Gasteiger partial charge in [-0.25, -0.2) is 0 Å². The van der Waals surface area contributed by atoms with E-state index in [9.17, 15) is 4.79 Å². The number of fused-ring (bicyclic) bond motifs is 1. The molecule has 22 heavy (non-hydrogen) atoms. The van der Waals surface area contributed by atoms with Crippen molar-refractivity contribution in [2.45, 2.75) is 13.5 Å². The smallest absolute Gasteiger partial charge is 0.272 e. The Bertz CT molecular complexity index is 821. The molecule has 1 amide bonds. The van der Waals surface area contributed by atoms with Crippen LogP contribution in [0.5, 0.6) is 5.75 Å². The minimum absolute atomic E-state index is 0.133. The van der Waals surface area contributed by atoms with Crippen molar-refractivity contribution in [3.63, 3.8) is 0 Å². The predicted octanol–water partition coefficient (Wildman–Crippen LogP) is 4.64. The summed E-state index contributed by atoms with van der Waals surface area (Å²) in [4.78, 5) is 12.5. The summed E-state index contributed by atoms with van der Waals surface area (Å²) in [5.74, 6) is 0.622. The van der Waals surface area contributed by atoms with Gasteiger partial charge in [0.1, 0.15) is 11.4 Å². The molecule has 0 aliphatic heterocycles. The molecule has 4 nitrogen and oxygen atoms in total. The Morgan fingerprint density at radius 2 is 2.05 bits per heavy atom. The molecule has 0 spiro atoms. The maximum atomic E-state index is 12.5. The van der Waals surface area contributed by atoms with Crippen molar-refractivity contribution in [3.05, 3.63) is 46.4 Å². The number of carbonyl (C=O) groups excluding carboxylic acids is 1. The van der Waals surface area contributed by atoms with Crippen LogP contribution >= 0.6 is 22.9 Å². The first-order chi connectivity index (χ1) is 10.6. The number of aryl methyl sites for hydroxylation is 1. The fourth-order valence-electron chi connectivity index (χ4n) is 2.41. The number of ether oxygens (including phenoxy) is 1. The Kier molecular flexibility index (Phi) is 4.09. The van der Waals surface area contributed by atoms with Crippen LogP contribution in [0.2, 0.25) is 4.34 Å². The second-order valence-corrected chi connectivity index (χ2v) is 6.47. The number of carbonyl (C=O) groups is 1. The van der Waals surface area contributed by atoms with Gasteiger partial charge in [-0.2, -0.15) is 0 Å². The Morgan fingerprint density at radius 3 is 2.68 bits per heavy atom. The van der Waals surface area contributed by atoms with Gasteiger partial charge in [0.25, 0.3) is 5.91 Å². The molecule has 0 aliphatic rings. The fraction of sp³-hybridized carbons (Fsp3) is 0.188. The van der Waals surface area contributed by atoms with E-state index in [1.54, 1.807) is 7.11 Å². The average molecular weight is 335 g/mol. The van der Waals surface area contributed by atoms with E-state index in [1.807, 2.05) is 47.9 Å². The van der Waals surface area contributed by atoms with Gasteiger partial charge >= 0.3 is 0 Å². The Morgan fingerprint density at radius 1 is 1.32 bits per heavy atom. The van der Waals surface area contributed by atoms with Gasteiger partial charge in [0, 0.05) is 12.2 Å². The summed E-state index contributed by atoms with van der Waals surface area (Å²) in [7, 11) is 1.61. The van der Waals surface area contributed by atoms with E-state index in [0.717, 1.165) is 26.0 Å². The number of aromatic nitrogens is 1. The number of benzene rings is 1. The van der Waals surface area contributed by atoms with E-state index in [0.29, 0.717) is 12.2 Å². The molecule has 1 N–H and O–H groups in total. The number of hydrogen-bond acceptors (Lipinski definition) is 3. The average Bonchev–Trinajstić information content (AvgIpc) is 3.03. The monoisotopic (exact) mass is 334 g/mol. The van der Waals surface area contributed by atoms with Crippen LogP contribution in [0.3, 0.4) is 0 Å². The number of halogens is 1. The fourth-order valence-corrected chi connectivity index (χ4v) is 3.59. The topological polar surface area (TPSA) is 43.3 Å². The third-order valence-electron chi connectivity index (χ3n) is 3.46. The summed E-state index contributed by atoms with van der Waals surface area (Å²) in [6.07, 6.45) is 0. The number of anilines is 1. The minimum atomic E-state index is -0.133. The van der Waals surface area contributed by atoms with Crippen molar-refractivity contribution in [2.75, 3.05) is 12.4 Å². The van der Waals surface area contributed by atoms with Crippen LogP contribution < -0.4 is 10.1 Å². The molecule has 3 aromatic rings. The molecule has 0 unspecified atom stereocenters. The summed E-state index contributed by atoms with van der Waals surface area (Å²) in [6, 6.07) is 11.0. The van der Waals surface area contributed by atoms with Gasteiger partial charge in [0.2, 0.25) is 0 Å². The standard InChI is InChI=1S/C16H15ClN2O2S/c1-3-19-12-9-15(17)22-14(12)8-13(19)16(20)18-10-4-6-11(21-2)7-5-10/h4-9H,3H2,1-2H3,(H,18,20). The van der Waals surface area contributed by atoms with Gasteiger partial charge < -0.3 is 14.6 Å². The molecular weight excluding hydrogens is 320 g/mol. The van der Waals surface area contributed by atoms with Crippen molar-refractivity contribution >= 4 is 44.7 Å². The van der Waals surface area contributed by atoms with E-state index >= 15 is 0 Å². The zero-order chi connectivity index (χ0) is 15.7. The molecule has 3 rings (SSSR count). The summed E-state index contributed by atoms with van der Waals surface area (Å²) >= 11 is 7.52. The van der Waals surface area contributed by atoms with Gasteiger partial charge in [-0.1, -0.05) is 11.6 Å². The number of nitrogens with zero attached hydrogens (tertiary/aromatic N) is 1. The maximum Gasteiger partial charge on any atom is 0.272 e. The third-order valence-corrected chi connectivity index (χ3v) is 4.66. The molecule has 0 atom stereocenters. The van der Waals surface area contributed by atoms with Crippen molar-refractivity contribution in [2.24, 2.45) is 0 Å². The number of rotatable bonds is 4. The first-order valence-electron chi connectivity index (χ1n) is 6.86. The van der Waals surface area contributed by atoms with E-state index in [1.165, 1.54) is 11.3 Å². The van der Waals surface area contributed by atoms with Crippen LogP contribution in [0, 0.1) is 0 Å². The van der Waals surface area contributed by atoms with E-state index in [2.05, 4.69) is 5.32 Å². The lowest BCUT2D eigenvalue weighted by molar-refractivity contribution is 0.101. The van der Waals surface area contributed by atoms with Gasteiger partial charge in [0.05, 0.1) is 21.7 Å². The zero-order valence-corrected chi connectivity index (χ0v) is 13.8. The van der Waals surface area contributed by atoms with Crippen LogP contribution in [0.15, 0.2) is 36.4 Å². The van der Waals surface area contributed by atoms with Crippen molar-refractivity contribution < 1.29 is 9.53 Å². The summed E-state index contributed by atoms with van der Waals surface area (Å²) in [5.41, 5.74) is 2.37. The van der Waals surface area contributed by atoms with E-state index < -0.39 is 0 Å². The first kappa shape index (κ1) is 14.9. The highest BCUT2D eigenvalue weighted by Crippen LogP contribution is 2.32. The largest absolute Gasteiger partial charge is 0.497 e. The van der Waals surface area contributed by atoms with Crippen molar-refractivity contribution in [1.29, 1.82) is 0 Å². The van der Waals surface area contributed by atoms with Gasteiger partial charge in [-0.05, 0) is 43.3 Å². The SMILES string of the molecule is CCn1c(C(=O)Nc2ccc(OC)cc2)cc2sc(Cl)cc21. The lowest BCUT2D eigenvalue weighted by atomic mass is 10.3. The molecule has 0 radical (unpaired) electrons. The third kappa shape index (κ3) is 2.69. The molecule has 0 saturated heterocycles. The second kappa shape index (κ2) is 6.02. The Hall–Kier alpha value is -1.98. The molecule has 0 bridgehead atoms. The van der Waals surface area contributed by atoms with Crippen LogP contribution in [0.1, 0.15) is 17.4 Å². The molecule has 0 aliphatic carbocycles. The maximum absolute atomic E-state index is 12.5. The van der Waals surface area contributed by atoms with Gasteiger partial charge in [0.15, 0.2) is 0 Å².